The van der Waals surface area contributed by atoms with Crippen molar-refractivity contribution in [1.82, 2.24) is 9.97 Å². The Kier molecular flexibility index (Phi) is 3.02. The SMILES string of the molecule is Cc1cnc(NN)nc1Nc1ccc2sccc2c1. The van der Waals surface area contributed by atoms with Crippen LogP contribution in [0.3, 0.4) is 0 Å². The number of nitrogens with zero attached hydrogens (tertiary/aromatic N) is 2. The quantitative estimate of drug-likeness (QED) is 0.504. The monoisotopic (exact) mass is 271 g/mol. The first-order valence-corrected chi connectivity index (χ1v) is 6.69. The van der Waals surface area contributed by atoms with Crippen molar-refractivity contribution in [2.45, 2.75) is 6.92 Å². The highest BCUT2D eigenvalue weighted by molar-refractivity contribution is 7.17. The minimum Gasteiger partial charge on any atom is -0.340 e. The Morgan fingerprint density at radius 1 is 1.26 bits per heavy atom. The zero-order valence-electron chi connectivity index (χ0n) is 10.3. The maximum Gasteiger partial charge on any atom is 0.239 e. The van der Waals surface area contributed by atoms with Crippen molar-refractivity contribution in [1.29, 1.82) is 0 Å². The minimum atomic E-state index is 0.393. The fourth-order valence-corrected chi connectivity index (χ4v) is 2.59. The summed E-state index contributed by atoms with van der Waals surface area (Å²) in [4.78, 5) is 8.35. The van der Waals surface area contributed by atoms with Gasteiger partial charge in [-0.1, -0.05) is 0 Å². The maximum atomic E-state index is 5.32. The van der Waals surface area contributed by atoms with Gasteiger partial charge in [0.2, 0.25) is 5.95 Å². The van der Waals surface area contributed by atoms with E-state index in [-0.39, 0.29) is 0 Å². The molecule has 4 N–H and O–H groups in total. The Morgan fingerprint density at radius 3 is 3.00 bits per heavy atom. The van der Waals surface area contributed by atoms with E-state index in [1.807, 2.05) is 13.0 Å². The summed E-state index contributed by atoms with van der Waals surface area (Å²) in [7, 11) is 0. The molecule has 19 heavy (non-hydrogen) atoms. The predicted octanol–water partition coefficient (Wildman–Crippen LogP) is 3.03. The molecule has 3 rings (SSSR count). The van der Waals surface area contributed by atoms with Gasteiger partial charge >= 0.3 is 0 Å². The van der Waals surface area contributed by atoms with Crippen LogP contribution < -0.4 is 16.6 Å². The van der Waals surface area contributed by atoms with Crippen molar-refractivity contribution >= 4 is 38.9 Å². The molecule has 0 atom stereocenters. The van der Waals surface area contributed by atoms with Crippen molar-refractivity contribution in [2.24, 2.45) is 5.84 Å². The first-order valence-electron chi connectivity index (χ1n) is 5.81. The third-order valence-corrected chi connectivity index (χ3v) is 3.71. The second-order valence-corrected chi connectivity index (χ2v) is 5.12. The number of nitrogens with one attached hydrogen (secondary N) is 2. The average molecular weight is 271 g/mol. The number of thiophene rings is 1. The van der Waals surface area contributed by atoms with Gasteiger partial charge in [0, 0.05) is 22.1 Å². The number of aromatic nitrogens is 2. The molecular formula is C13H13N5S. The molecule has 0 amide bonds. The largest absolute Gasteiger partial charge is 0.340 e. The number of anilines is 3. The van der Waals surface area contributed by atoms with Crippen LogP contribution in [0.5, 0.6) is 0 Å². The second-order valence-electron chi connectivity index (χ2n) is 4.17. The van der Waals surface area contributed by atoms with Gasteiger partial charge in [0.25, 0.3) is 0 Å². The molecule has 0 aliphatic rings. The van der Waals surface area contributed by atoms with E-state index in [1.54, 1.807) is 17.5 Å². The highest BCUT2D eigenvalue weighted by atomic mass is 32.1. The van der Waals surface area contributed by atoms with Gasteiger partial charge in [-0.15, -0.1) is 11.3 Å². The lowest BCUT2D eigenvalue weighted by molar-refractivity contribution is 1.09. The van der Waals surface area contributed by atoms with Gasteiger partial charge in [0.05, 0.1) is 0 Å². The van der Waals surface area contributed by atoms with Crippen LogP contribution >= 0.6 is 11.3 Å². The van der Waals surface area contributed by atoms with Crippen LogP contribution in [0.25, 0.3) is 10.1 Å². The van der Waals surface area contributed by atoms with Gasteiger partial charge in [-0.05, 0) is 42.0 Å². The molecule has 2 heterocycles. The van der Waals surface area contributed by atoms with Crippen LogP contribution in [-0.4, -0.2) is 9.97 Å². The summed E-state index contributed by atoms with van der Waals surface area (Å²) < 4.78 is 1.27. The average Bonchev–Trinajstić information content (AvgIpc) is 2.89. The number of benzene rings is 1. The summed E-state index contributed by atoms with van der Waals surface area (Å²) in [6, 6.07) is 8.34. The third kappa shape index (κ3) is 2.35. The summed E-state index contributed by atoms with van der Waals surface area (Å²) in [5, 5.41) is 6.59. The van der Waals surface area contributed by atoms with Crippen LogP contribution in [0.4, 0.5) is 17.5 Å². The number of hydrazine groups is 1. The number of hydrogen-bond acceptors (Lipinski definition) is 6. The molecule has 0 fully saturated rings. The minimum absolute atomic E-state index is 0.393. The van der Waals surface area contributed by atoms with Crippen molar-refractivity contribution in [3.63, 3.8) is 0 Å². The van der Waals surface area contributed by atoms with Crippen molar-refractivity contribution in [3.8, 4) is 0 Å². The van der Waals surface area contributed by atoms with E-state index < -0.39 is 0 Å². The molecule has 0 saturated heterocycles. The molecule has 5 nitrogen and oxygen atoms in total. The number of hydrogen-bond donors (Lipinski definition) is 3. The molecule has 0 aliphatic carbocycles. The van der Waals surface area contributed by atoms with Crippen molar-refractivity contribution in [2.75, 3.05) is 10.7 Å². The first kappa shape index (κ1) is 11.9. The van der Waals surface area contributed by atoms with Gasteiger partial charge in [-0.3, -0.25) is 5.43 Å². The lowest BCUT2D eigenvalue weighted by Crippen LogP contribution is -2.11. The first-order chi connectivity index (χ1) is 9.26. The summed E-state index contributed by atoms with van der Waals surface area (Å²) in [5.41, 5.74) is 4.40. The van der Waals surface area contributed by atoms with Gasteiger partial charge in [0.15, 0.2) is 0 Å². The summed E-state index contributed by atoms with van der Waals surface area (Å²) in [6.07, 6.45) is 1.73. The highest BCUT2D eigenvalue weighted by Gasteiger charge is 2.04. The van der Waals surface area contributed by atoms with E-state index in [9.17, 15) is 0 Å². The molecule has 2 aromatic heterocycles. The molecule has 0 spiro atoms. The van der Waals surface area contributed by atoms with E-state index in [4.69, 9.17) is 5.84 Å². The fourth-order valence-electron chi connectivity index (χ4n) is 1.82. The molecular weight excluding hydrogens is 258 g/mol. The zero-order chi connectivity index (χ0) is 13.2. The van der Waals surface area contributed by atoms with E-state index in [0.717, 1.165) is 17.1 Å². The van der Waals surface area contributed by atoms with Gasteiger partial charge in [0.1, 0.15) is 5.82 Å². The topological polar surface area (TPSA) is 75.9 Å². The van der Waals surface area contributed by atoms with Crippen LogP contribution in [0.2, 0.25) is 0 Å². The van der Waals surface area contributed by atoms with Crippen LogP contribution in [-0.2, 0) is 0 Å². The third-order valence-electron chi connectivity index (χ3n) is 2.82. The molecule has 3 aromatic rings. The normalized spacial score (nSPS) is 10.6. The smallest absolute Gasteiger partial charge is 0.239 e. The van der Waals surface area contributed by atoms with Gasteiger partial charge in [-0.25, -0.2) is 10.8 Å². The molecule has 0 unspecified atom stereocenters. The number of nitrogen functional groups attached to an aromatic ring is 1. The van der Waals surface area contributed by atoms with Crippen LogP contribution in [0.15, 0.2) is 35.8 Å². The zero-order valence-corrected chi connectivity index (χ0v) is 11.2. The lowest BCUT2D eigenvalue weighted by Gasteiger charge is -2.09. The molecule has 1 aromatic carbocycles. The summed E-state index contributed by atoms with van der Waals surface area (Å²) in [6.45, 7) is 1.95. The fraction of sp³-hybridized carbons (Fsp3) is 0.0769. The highest BCUT2D eigenvalue weighted by Crippen LogP contribution is 2.26. The van der Waals surface area contributed by atoms with Gasteiger partial charge in [-0.2, -0.15) is 4.98 Å². The molecule has 0 bridgehead atoms. The van der Waals surface area contributed by atoms with E-state index in [1.165, 1.54) is 10.1 Å². The Hall–Kier alpha value is -2.18. The number of rotatable bonds is 3. The van der Waals surface area contributed by atoms with E-state index in [0.29, 0.717) is 5.95 Å². The van der Waals surface area contributed by atoms with Crippen LogP contribution in [0.1, 0.15) is 5.56 Å². The molecule has 0 radical (unpaired) electrons. The van der Waals surface area contributed by atoms with E-state index in [2.05, 4.69) is 44.3 Å². The standard InChI is InChI=1S/C13H13N5S/c1-8-7-15-13(18-14)17-12(8)16-10-2-3-11-9(6-10)4-5-19-11/h2-7H,14H2,1H3,(H2,15,16,17,18). The second kappa shape index (κ2) is 4.83. The van der Waals surface area contributed by atoms with Crippen molar-refractivity contribution < 1.29 is 0 Å². The Bertz CT molecular complexity index is 722. The summed E-state index contributed by atoms with van der Waals surface area (Å²) >= 11 is 1.73. The molecule has 6 heteroatoms. The van der Waals surface area contributed by atoms with Gasteiger partial charge < -0.3 is 5.32 Å². The van der Waals surface area contributed by atoms with E-state index >= 15 is 0 Å². The lowest BCUT2D eigenvalue weighted by atomic mass is 10.2. The number of nitrogens with two attached hydrogens (primary N) is 1. The number of aryl methyl sites for hydroxylation is 1. The Balaban J connectivity index is 1.95. The van der Waals surface area contributed by atoms with Crippen LogP contribution in [0, 0.1) is 6.92 Å². The predicted molar refractivity (Wildman–Crippen MR) is 79.7 cm³/mol. The maximum absolute atomic E-state index is 5.32. The van der Waals surface area contributed by atoms with Crippen molar-refractivity contribution in [3.05, 3.63) is 41.4 Å². The Morgan fingerprint density at radius 2 is 2.16 bits per heavy atom. The molecule has 96 valence electrons. The molecule has 0 aliphatic heterocycles. The summed E-state index contributed by atoms with van der Waals surface area (Å²) in [5.74, 6) is 6.46. The Labute approximate surface area is 114 Å². The number of fused-ring (bicyclic) bond motifs is 1. The molecule has 0 saturated carbocycles.